The van der Waals surface area contributed by atoms with Gasteiger partial charge in [-0.1, -0.05) is 19.1 Å². The van der Waals surface area contributed by atoms with E-state index in [1.165, 1.54) is 0 Å². The Morgan fingerprint density at radius 3 is 2.44 bits per heavy atom. The van der Waals surface area contributed by atoms with Crippen LogP contribution in [0.15, 0.2) is 24.3 Å². The van der Waals surface area contributed by atoms with Crippen LogP contribution in [0.3, 0.4) is 0 Å². The Labute approximate surface area is 109 Å². The average molecular weight is 249 g/mol. The first-order chi connectivity index (χ1) is 8.67. The standard InChI is InChI=1S/C15H23NO2/c1-3-18-12-6-4-11(5-7-12)14(9-16)15(17)13-8-10(13)2/h4-7,10,13-15,17H,3,8-9,16H2,1-2H3. The van der Waals surface area contributed by atoms with Gasteiger partial charge in [-0.05, 0) is 42.9 Å². The molecule has 0 bridgehead atoms. The fourth-order valence-corrected chi connectivity index (χ4v) is 2.58. The average Bonchev–Trinajstić information content (AvgIpc) is 3.10. The van der Waals surface area contributed by atoms with Gasteiger partial charge in [-0.2, -0.15) is 0 Å². The highest BCUT2D eigenvalue weighted by Crippen LogP contribution is 2.44. The lowest BCUT2D eigenvalue weighted by atomic mass is 9.90. The smallest absolute Gasteiger partial charge is 0.119 e. The maximum Gasteiger partial charge on any atom is 0.119 e. The van der Waals surface area contributed by atoms with Crippen LogP contribution in [0, 0.1) is 11.8 Å². The summed E-state index contributed by atoms with van der Waals surface area (Å²) < 4.78 is 5.42. The molecule has 0 saturated heterocycles. The van der Waals surface area contributed by atoms with E-state index in [1.807, 2.05) is 31.2 Å². The van der Waals surface area contributed by atoms with Crippen LogP contribution in [0.1, 0.15) is 31.7 Å². The molecule has 1 aliphatic rings. The van der Waals surface area contributed by atoms with Crippen molar-refractivity contribution in [3.63, 3.8) is 0 Å². The van der Waals surface area contributed by atoms with Crippen molar-refractivity contribution in [1.29, 1.82) is 0 Å². The second kappa shape index (κ2) is 5.72. The number of aliphatic hydroxyl groups is 1. The van der Waals surface area contributed by atoms with Crippen LogP contribution in [-0.2, 0) is 0 Å². The third-order valence-electron chi connectivity index (χ3n) is 3.90. The lowest BCUT2D eigenvalue weighted by Gasteiger charge is -2.22. The number of hydrogen-bond donors (Lipinski definition) is 2. The predicted octanol–water partition coefficient (Wildman–Crippen LogP) is 2.14. The molecule has 1 aliphatic carbocycles. The van der Waals surface area contributed by atoms with E-state index in [4.69, 9.17) is 10.5 Å². The third-order valence-corrected chi connectivity index (χ3v) is 3.90. The molecule has 0 amide bonds. The third kappa shape index (κ3) is 2.85. The monoisotopic (exact) mass is 249 g/mol. The molecular weight excluding hydrogens is 226 g/mol. The molecule has 100 valence electrons. The van der Waals surface area contributed by atoms with Crippen LogP contribution < -0.4 is 10.5 Å². The molecule has 0 radical (unpaired) electrons. The molecule has 1 fully saturated rings. The van der Waals surface area contributed by atoms with Crippen molar-refractivity contribution < 1.29 is 9.84 Å². The van der Waals surface area contributed by atoms with Crippen LogP contribution in [0.25, 0.3) is 0 Å². The Balaban J connectivity index is 2.07. The Morgan fingerprint density at radius 2 is 2.00 bits per heavy atom. The van der Waals surface area contributed by atoms with Crippen molar-refractivity contribution in [3.8, 4) is 5.75 Å². The predicted molar refractivity (Wildman–Crippen MR) is 72.7 cm³/mol. The quantitative estimate of drug-likeness (QED) is 0.812. The molecule has 0 spiro atoms. The minimum Gasteiger partial charge on any atom is -0.494 e. The Bertz CT molecular complexity index is 377. The van der Waals surface area contributed by atoms with Gasteiger partial charge in [0.1, 0.15) is 5.75 Å². The van der Waals surface area contributed by atoms with Gasteiger partial charge in [0, 0.05) is 12.5 Å². The van der Waals surface area contributed by atoms with Gasteiger partial charge in [-0.25, -0.2) is 0 Å². The lowest BCUT2D eigenvalue weighted by Crippen LogP contribution is -2.28. The van der Waals surface area contributed by atoms with Gasteiger partial charge >= 0.3 is 0 Å². The molecule has 0 aliphatic heterocycles. The molecule has 1 aromatic rings. The first-order valence-corrected chi connectivity index (χ1v) is 6.78. The molecule has 0 aromatic heterocycles. The Hall–Kier alpha value is -1.06. The second-order valence-electron chi connectivity index (χ2n) is 5.21. The zero-order valence-corrected chi connectivity index (χ0v) is 11.2. The molecule has 4 atom stereocenters. The van der Waals surface area contributed by atoms with Gasteiger partial charge in [0.05, 0.1) is 12.7 Å². The molecule has 4 unspecified atom stereocenters. The topological polar surface area (TPSA) is 55.5 Å². The Kier molecular flexibility index (Phi) is 4.25. The lowest BCUT2D eigenvalue weighted by molar-refractivity contribution is 0.118. The van der Waals surface area contributed by atoms with Gasteiger partial charge in [0.25, 0.3) is 0 Å². The van der Waals surface area contributed by atoms with Gasteiger partial charge < -0.3 is 15.6 Å². The fraction of sp³-hybridized carbons (Fsp3) is 0.600. The summed E-state index contributed by atoms with van der Waals surface area (Å²) >= 11 is 0. The number of rotatable bonds is 6. The van der Waals surface area contributed by atoms with E-state index >= 15 is 0 Å². The van der Waals surface area contributed by atoms with E-state index in [-0.39, 0.29) is 12.0 Å². The summed E-state index contributed by atoms with van der Waals surface area (Å²) in [5.74, 6) is 1.96. The largest absolute Gasteiger partial charge is 0.494 e. The molecular formula is C15H23NO2. The van der Waals surface area contributed by atoms with Crippen LogP contribution in [0.4, 0.5) is 0 Å². The van der Waals surface area contributed by atoms with E-state index in [0.717, 1.165) is 17.7 Å². The highest BCUT2D eigenvalue weighted by Gasteiger charge is 2.42. The fourth-order valence-electron chi connectivity index (χ4n) is 2.58. The van der Waals surface area contributed by atoms with Gasteiger partial charge in [0.2, 0.25) is 0 Å². The summed E-state index contributed by atoms with van der Waals surface area (Å²) in [5, 5.41) is 10.3. The number of benzene rings is 1. The molecule has 3 N–H and O–H groups in total. The van der Waals surface area contributed by atoms with E-state index in [9.17, 15) is 5.11 Å². The van der Waals surface area contributed by atoms with Gasteiger partial charge in [-0.3, -0.25) is 0 Å². The number of nitrogens with two attached hydrogens (primary N) is 1. The number of hydrogen-bond acceptors (Lipinski definition) is 3. The maximum atomic E-state index is 10.3. The van der Waals surface area contributed by atoms with Gasteiger partial charge in [-0.15, -0.1) is 0 Å². The summed E-state index contributed by atoms with van der Waals surface area (Å²) in [5.41, 5.74) is 6.93. The minimum absolute atomic E-state index is 0.0376. The van der Waals surface area contributed by atoms with E-state index < -0.39 is 0 Å². The van der Waals surface area contributed by atoms with Gasteiger partial charge in [0.15, 0.2) is 0 Å². The highest BCUT2D eigenvalue weighted by atomic mass is 16.5. The van der Waals surface area contributed by atoms with E-state index in [2.05, 4.69) is 6.92 Å². The van der Waals surface area contributed by atoms with Crippen LogP contribution in [0.5, 0.6) is 5.75 Å². The molecule has 18 heavy (non-hydrogen) atoms. The summed E-state index contributed by atoms with van der Waals surface area (Å²) in [6, 6.07) is 7.92. The van der Waals surface area contributed by atoms with Crippen molar-refractivity contribution in [2.24, 2.45) is 17.6 Å². The molecule has 1 saturated carbocycles. The first kappa shape index (κ1) is 13.4. The summed E-state index contributed by atoms with van der Waals surface area (Å²) in [4.78, 5) is 0. The van der Waals surface area contributed by atoms with Crippen molar-refractivity contribution >= 4 is 0 Å². The first-order valence-electron chi connectivity index (χ1n) is 6.78. The highest BCUT2D eigenvalue weighted by molar-refractivity contribution is 5.30. The summed E-state index contributed by atoms with van der Waals surface area (Å²) in [6.45, 7) is 5.30. The van der Waals surface area contributed by atoms with Crippen molar-refractivity contribution in [2.75, 3.05) is 13.2 Å². The second-order valence-corrected chi connectivity index (χ2v) is 5.21. The van der Waals surface area contributed by atoms with Crippen LogP contribution in [0.2, 0.25) is 0 Å². The zero-order valence-electron chi connectivity index (χ0n) is 11.2. The maximum absolute atomic E-state index is 10.3. The summed E-state index contributed by atoms with van der Waals surface area (Å²) in [7, 11) is 0. The number of aliphatic hydroxyl groups excluding tert-OH is 1. The normalized spacial score (nSPS) is 25.6. The zero-order chi connectivity index (χ0) is 13.1. The molecule has 0 heterocycles. The summed E-state index contributed by atoms with van der Waals surface area (Å²) in [6.07, 6.45) is 0.803. The SMILES string of the molecule is CCOc1ccc(C(CN)C(O)C2CC2C)cc1. The molecule has 3 nitrogen and oxygen atoms in total. The van der Waals surface area contributed by atoms with Crippen molar-refractivity contribution in [2.45, 2.75) is 32.3 Å². The van der Waals surface area contributed by atoms with Crippen molar-refractivity contribution in [1.82, 2.24) is 0 Å². The van der Waals surface area contributed by atoms with E-state index in [1.54, 1.807) is 0 Å². The van der Waals surface area contributed by atoms with Crippen LogP contribution >= 0.6 is 0 Å². The molecule has 2 rings (SSSR count). The van der Waals surface area contributed by atoms with Crippen LogP contribution in [-0.4, -0.2) is 24.4 Å². The molecule has 1 aromatic carbocycles. The van der Waals surface area contributed by atoms with E-state index in [0.29, 0.717) is 25.0 Å². The molecule has 3 heteroatoms. The Morgan fingerprint density at radius 1 is 1.39 bits per heavy atom. The van der Waals surface area contributed by atoms with Crippen molar-refractivity contribution in [3.05, 3.63) is 29.8 Å². The number of ether oxygens (including phenoxy) is 1. The minimum atomic E-state index is -0.317.